The molecule has 86 valence electrons. The number of carbonyl (C=O) groups excluding carboxylic acids is 1. The summed E-state index contributed by atoms with van der Waals surface area (Å²) >= 11 is 0. The van der Waals surface area contributed by atoms with Crippen LogP contribution in [0.4, 0.5) is 0 Å². The maximum atomic E-state index is 12.0. The first kappa shape index (κ1) is 12.4. The zero-order chi connectivity index (χ0) is 11.5. The lowest BCUT2D eigenvalue weighted by molar-refractivity contribution is -0.125. The van der Waals surface area contributed by atoms with Gasteiger partial charge in [0.1, 0.15) is 0 Å². The van der Waals surface area contributed by atoms with E-state index in [-0.39, 0.29) is 5.78 Å². The Labute approximate surface area is 92.9 Å². The number of nitrogens with two attached hydrogens (primary N) is 1. The highest BCUT2D eigenvalue weighted by molar-refractivity contribution is 5.88. The second-order valence-corrected chi connectivity index (χ2v) is 5.24. The highest BCUT2D eigenvalue weighted by atomic mass is 16.1. The zero-order valence-corrected chi connectivity index (χ0v) is 10.0. The van der Waals surface area contributed by atoms with Gasteiger partial charge < -0.3 is 5.73 Å². The molecule has 0 spiro atoms. The van der Waals surface area contributed by atoms with Gasteiger partial charge in [-0.1, -0.05) is 25.3 Å². The van der Waals surface area contributed by atoms with Gasteiger partial charge in [0.2, 0.25) is 0 Å². The van der Waals surface area contributed by atoms with Gasteiger partial charge in [-0.25, -0.2) is 0 Å². The van der Waals surface area contributed by atoms with Crippen LogP contribution in [0.15, 0.2) is 12.2 Å². The van der Waals surface area contributed by atoms with Crippen molar-refractivity contribution in [2.45, 2.75) is 57.9 Å². The Hall–Kier alpha value is -0.630. The molecule has 0 radical (unpaired) electrons. The Morgan fingerprint density at radius 2 is 2.20 bits per heavy atom. The standard InChI is InChI=1S/C13H23NO/c1-10(2)6-7-12(15)13(14)8-4-5-11(3)9-13/h11H,1,4-9,14H2,2-3H3. The molecule has 1 rings (SSSR count). The molecular weight excluding hydrogens is 186 g/mol. The summed E-state index contributed by atoms with van der Waals surface area (Å²) < 4.78 is 0. The maximum Gasteiger partial charge on any atom is 0.152 e. The third kappa shape index (κ3) is 3.45. The molecule has 2 atom stereocenters. The Balaban J connectivity index is 2.52. The molecule has 0 saturated heterocycles. The van der Waals surface area contributed by atoms with Gasteiger partial charge >= 0.3 is 0 Å². The third-order valence-electron chi connectivity index (χ3n) is 3.37. The fraction of sp³-hybridized carbons (Fsp3) is 0.769. The van der Waals surface area contributed by atoms with Crippen LogP contribution in [0.1, 0.15) is 52.4 Å². The van der Waals surface area contributed by atoms with Crippen LogP contribution in [0.3, 0.4) is 0 Å². The Kier molecular flexibility index (Phi) is 4.09. The highest BCUT2D eigenvalue weighted by Gasteiger charge is 2.36. The van der Waals surface area contributed by atoms with Crippen LogP contribution in [0, 0.1) is 5.92 Å². The van der Waals surface area contributed by atoms with Crippen LogP contribution < -0.4 is 5.73 Å². The Bertz CT molecular complexity index is 259. The van der Waals surface area contributed by atoms with Gasteiger partial charge in [-0.15, -0.1) is 6.58 Å². The van der Waals surface area contributed by atoms with E-state index in [0.29, 0.717) is 12.3 Å². The normalized spacial score (nSPS) is 31.3. The predicted octanol–water partition coefficient (Wildman–Crippen LogP) is 2.82. The molecule has 1 fully saturated rings. The predicted molar refractivity (Wildman–Crippen MR) is 63.6 cm³/mol. The molecule has 2 N–H and O–H groups in total. The molecule has 2 heteroatoms. The van der Waals surface area contributed by atoms with Gasteiger partial charge in [-0.2, -0.15) is 0 Å². The molecule has 0 aromatic heterocycles. The van der Waals surface area contributed by atoms with Gasteiger partial charge in [0.15, 0.2) is 5.78 Å². The minimum atomic E-state index is -0.535. The number of ketones is 1. The molecule has 0 aliphatic heterocycles. The number of hydrogen-bond acceptors (Lipinski definition) is 2. The molecule has 0 heterocycles. The van der Waals surface area contributed by atoms with Gasteiger partial charge in [0.25, 0.3) is 0 Å². The molecule has 0 bridgehead atoms. The Morgan fingerprint density at radius 1 is 1.53 bits per heavy atom. The zero-order valence-electron chi connectivity index (χ0n) is 10.0. The van der Waals surface area contributed by atoms with Crippen LogP contribution >= 0.6 is 0 Å². The van der Waals surface area contributed by atoms with Crippen LogP contribution in [0.25, 0.3) is 0 Å². The molecule has 1 saturated carbocycles. The van der Waals surface area contributed by atoms with Crippen LogP contribution in [-0.2, 0) is 4.79 Å². The van der Waals surface area contributed by atoms with Gasteiger partial charge in [-0.05, 0) is 32.1 Å². The smallest absolute Gasteiger partial charge is 0.152 e. The molecule has 1 aliphatic carbocycles. The van der Waals surface area contributed by atoms with Crippen molar-refractivity contribution in [3.8, 4) is 0 Å². The monoisotopic (exact) mass is 209 g/mol. The lowest BCUT2D eigenvalue weighted by Gasteiger charge is -2.35. The molecular formula is C13H23NO. The summed E-state index contributed by atoms with van der Waals surface area (Å²) in [7, 11) is 0. The number of hydrogen-bond donors (Lipinski definition) is 1. The number of Topliss-reactive ketones (excluding diaryl/α,β-unsaturated/α-hetero) is 1. The first-order valence-corrected chi connectivity index (χ1v) is 5.90. The summed E-state index contributed by atoms with van der Waals surface area (Å²) in [5.74, 6) is 0.828. The quantitative estimate of drug-likeness (QED) is 0.723. The maximum absolute atomic E-state index is 12.0. The van der Waals surface area contributed by atoms with Gasteiger partial charge in [-0.3, -0.25) is 4.79 Å². The SMILES string of the molecule is C=C(C)CCC(=O)C1(N)CCCC(C)C1. The average molecular weight is 209 g/mol. The van der Waals surface area contributed by atoms with E-state index in [0.717, 1.165) is 31.3 Å². The second kappa shape index (κ2) is 4.93. The van der Waals surface area contributed by atoms with E-state index in [1.165, 1.54) is 6.42 Å². The van der Waals surface area contributed by atoms with E-state index in [4.69, 9.17) is 5.73 Å². The van der Waals surface area contributed by atoms with Crippen molar-refractivity contribution in [2.75, 3.05) is 0 Å². The van der Waals surface area contributed by atoms with Crippen molar-refractivity contribution in [3.05, 3.63) is 12.2 Å². The van der Waals surface area contributed by atoms with Crippen LogP contribution in [-0.4, -0.2) is 11.3 Å². The van der Waals surface area contributed by atoms with Gasteiger partial charge in [0, 0.05) is 6.42 Å². The first-order chi connectivity index (χ1) is 6.94. The lowest BCUT2D eigenvalue weighted by Crippen LogP contribution is -2.50. The summed E-state index contributed by atoms with van der Waals surface area (Å²) in [6, 6.07) is 0. The van der Waals surface area contributed by atoms with Crippen molar-refractivity contribution in [1.82, 2.24) is 0 Å². The minimum absolute atomic E-state index is 0.233. The topological polar surface area (TPSA) is 43.1 Å². The van der Waals surface area contributed by atoms with Crippen LogP contribution in [0.5, 0.6) is 0 Å². The number of rotatable bonds is 4. The van der Waals surface area contributed by atoms with E-state index < -0.39 is 5.54 Å². The fourth-order valence-corrected chi connectivity index (χ4v) is 2.42. The lowest BCUT2D eigenvalue weighted by atomic mass is 9.73. The molecule has 15 heavy (non-hydrogen) atoms. The molecule has 2 nitrogen and oxygen atoms in total. The molecule has 2 unspecified atom stereocenters. The average Bonchev–Trinajstić information content (AvgIpc) is 2.13. The van der Waals surface area contributed by atoms with Crippen molar-refractivity contribution in [2.24, 2.45) is 11.7 Å². The van der Waals surface area contributed by atoms with Crippen molar-refractivity contribution in [3.63, 3.8) is 0 Å². The van der Waals surface area contributed by atoms with E-state index in [2.05, 4.69) is 13.5 Å². The summed E-state index contributed by atoms with van der Waals surface area (Å²) in [5, 5.41) is 0. The van der Waals surface area contributed by atoms with Crippen molar-refractivity contribution >= 4 is 5.78 Å². The molecule has 0 aromatic carbocycles. The van der Waals surface area contributed by atoms with Gasteiger partial charge in [0.05, 0.1) is 5.54 Å². The second-order valence-electron chi connectivity index (χ2n) is 5.24. The first-order valence-electron chi connectivity index (χ1n) is 5.90. The van der Waals surface area contributed by atoms with E-state index in [9.17, 15) is 4.79 Å². The Morgan fingerprint density at radius 3 is 2.73 bits per heavy atom. The largest absolute Gasteiger partial charge is 0.319 e. The van der Waals surface area contributed by atoms with Crippen molar-refractivity contribution in [1.29, 1.82) is 0 Å². The van der Waals surface area contributed by atoms with E-state index >= 15 is 0 Å². The number of carbonyl (C=O) groups is 1. The highest BCUT2D eigenvalue weighted by Crippen LogP contribution is 2.32. The van der Waals surface area contributed by atoms with E-state index in [1.807, 2.05) is 6.92 Å². The minimum Gasteiger partial charge on any atom is -0.319 e. The summed E-state index contributed by atoms with van der Waals surface area (Å²) in [6.45, 7) is 7.96. The summed E-state index contributed by atoms with van der Waals surface area (Å²) in [6.07, 6.45) is 5.39. The van der Waals surface area contributed by atoms with E-state index in [1.54, 1.807) is 0 Å². The molecule has 0 aromatic rings. The van der Waals surface area contributed by atoms with Crippen molar-refractivity contribution < 1.29 is 4.79 Å². The molecule has 0 amide bonds. The summed E-state index contributed by atoms with van der Waals surface area (Å²) in [5.41, 5.74) is 6.73. The van der Waals surface area contributed by atoms with Crippen LogP contribution in [0.2, 0.25) is 0 Å². The fourth-order valence-electron chi connectivity index (χ4n) is 2.42. The molecule has 1 aliphatic rings. The summed E-state index contributed by atoms with van der Waals surface area (Å²) in [4.78, 5) is 12.0. The number of allylic oxidation sites excluding steroid dienone is 1. The third-order valence-corrected chi connectivity index (χ3v) is 3.37.